The molecule has 5 heteroatoms. The molecule has 0 aliphatic carbocycles. The quantitative estimate of drug-likeness (QED) is 0.796. The van der Waals surface area contributed by atoms with Gasteiger partial charge >= 0.3 is 0 Å². The van der Waals surface area contributed by atoms with Crippen molar-refractivity contribution in [3.63, 3.8) is 0 Å². The summed E-state index contributed by atoms with van der Waals surface area (Å²) in [6, 6.07) is 7.89. The van der Waals surface area contributed by atoms with Gasteiger partial charge < -0.3 is 9.64 Å². The van der Waals surface area contributed by atoms with Crippen LogP contribution in [0.4, 0.5) is 0 Å². The van der Waals surface area contributed by atoms with Crippen LogP contribution in [-0.4, -0.2) is 34.7 Å². The third kappa shape index (κ3) is 4.63. The number of aromatic amines is 1. The number of carbonyl (C=O) groups is 1. The topological polar surface area (TPSA) is 58.2 Å². The van der Waals surface area contributed by atoms with Crippen LogP contribution in [0.1, 0.15) is 24.0 Å². The molecule has 0 saturated carbocycles. The van der Waals surface area contributed by atoms with Crippen LogP contribution in [0.2, 0.25) is 0 Å². The van der Waals surface area contributed by atoms with Crippen LogP contribution in [0, 0.1) is 6.92 Å². The van der Waals surface area contributed by atoms with Gasteiger partial charge in [0.05, 0.1) is 12.8 Å². The third-order valence-electron chi connectivity index (χ3n) is 3.29. The van der Waals surface area contributed by atoms with Gasteiger partial charge in [0.1, 0.15) is 5.75 Å². The molecule has 1 amide bonds. The minimum atomic E-state index is 0.115. The standard InChI is InChI=1S/C16H21N3O2/c1-13-6-3-4-7-15(13)21-9-5-8-16(20)19(2)12-14-10-17-18-11-14/h3-4,6-7,10-11H,5,8-9,12H2,1-2H3,(H,17,18). The molecule has 5 nitrogen and oxygen atoms in total. The van der Waals surface area contributed by atoms with E-state index in [-0.39, 0.29) is 5.91 Å². The van der Waals surface area contributed by atoms with E-state index < -0.39 is 0 Å². The molecule has 2 aromatic rings. The van der Waals surface area contributed by atoms with Crippen LogP contribution in [0.5, 0.6) is 5.75 Å². The van der Waals surface area contributed by atoms with Crippen molar-refractivity contribution in [1.29, 1.82) is 0 Å². The smallest absolute Gasteiger partial charge is 0.222 e. The second-order valence-corrected chi connectivity index (χ2v) is 5.07. The Morgan fingerprint density at radius 3 is 2.90 bits per heavy atom. The maximum Gasteiger partial charge on any atom is 0.222 e. The molecule has 1 heterocycles. The molecule has 0 atom stereocenters. The van der Waals surface area contributed by atoms with Crippen LogP contribution in [0.15, 0.2) is 36.7 Å². The van der Waals surface area contributed by atoms with Crippen LogP contribution in [0.3, 0.4) is 0 Å². The predicted molar refractivity (Wildman–Crippen MR) is 81.0 cm³/mol. The summed E-state index contributed by atoms with van der Waals surface area (Å²) < 4.78 is 5.69. The zero-order chi connectivity index (χ0) is 15.1. The molecule has 0 unspecified atom stereocenters. The average Bonchev–Trinajstić information content (AvgIpc) is 2.98. The number of rotatable bonds is 7. The fourth-order valence-corrected chi connectivity index (χ4v) is 2.04. The van der Waals surface area contributed by atoms with Crippen molar-refractivity contribution < 1.29 is 9.53 Å². The van der Waals surface area contributed by atoms with E-state index in [9.17, 15) is 4.79 Å². The molecule has 0 aliphatic rings. The Labute approximate surface area is 124 Å². The Kier molecular flexibility index (Phi) is 5.37. The number of para-hydroxylation sites is 1. The van der Waals surface area contributed by atoms with E-state index in [2.05, 4.69) is 10.2 Å². The molecule has 0 spiro atoms. The Hall–Kier alpha value is -2.30. The van der Waals surface area contributed by atoms with Crippen LogP contribution >= 0.6 is 0 Å². The molecule has 0 fully saturated rings. The second kappa shape index (κ2) is 7.47. The van der Waals surface area contributed by atoms with Crippen LogP contribution in [0.25, 0.3) is 0 Å². The highest BCUT2D eigenvalue weighted by atomic mass is 16.5. The average molecular weight is 287 g/mol. The lowest BCUT2D eigenvalue weighted by atomic mass is 10.2. The molecule has 112 valence electrons. The third-order valence-corrected chi connectivity index (χ3v) is 3.29. The highest BCUT2D eigenvalue weighted by molar-refractivity contribution is 5.75. The van der Waals surface area contributed by atoms with Gasteiger partial charge in [-0.05, 0) is 25.0 Å². The van der Waals surface area contributed by atoms with E-state index in [1.54, 1.807) is 24.3 Å². The van der Waals surface area contributed by atoms with Crippen molar-refractivity contribution in [1.82, 2.24) is 15.1 Å². The Morgan fingerprint density at radius 2 is 2.19 bits per heavy atom. The van der Waals surface area contributed by atoms with Gasteiger partial charge in [-0.15, -0.1) is 0 Å². The van der Waals surface area contributed by atoms with E-state index in [4.69, 9.17) is 4.74 Å². The number of aromatic nitrogens is 2. The molecular formula is C16H21N3O2. The summed E-state index contributed by atoms with van der Waals surface area (Å²) in [5.74, 6) is 1.00. The fourth-order valence-electron chi connectivity index (χ4n) is 2.04. The molecule has 0 saturated heterocycles. The van der Waals surface area contributed by atoms with Crippen LogP contribution in [-0.2, 0) is 11.3 Å². The van der Waals surface area contributed by atoms with E-state index in [0.29, 0.717) is 26.0 Å². The number of hydrogen-bond acceptors (Lipinski definition) is 3. The van der Waals surface area contributed by atoms with Gasteiger partial charge in [0.25, 0.3) is 0 Å². The molecule has 1 aromatic carbocycles. The highest BCUT2D eigenvalue weighted by Crippen LogP contribution is 2.16. The van der Waals surface area contributed by atoms with E-state index in [0.717, 1.165) is 16.9 Å². The number of aryl methyl sites for hydroxylation is 1. The first-order chi connectivity index (χ1) is 10.2. The first-order valence-corrected chi connectivity index (χ1v) is 7.07. The van der Waals surface area contributed by atoms with Gasteiger partial charge in [0.15, 0.2) is 0 Å². The Balaban J connectivity index is 1.68. The molecule has 2 rings (SSSR count). The summed E-state index contributed by atoms with van der Waals surface area (Å²) in [6.45, 7) is 3.14. The number of hydrogen-bond donors (Lipinski definition) is 1. The molecule has 0 aliphatic heterocycles. The first kappa shape index (κ1) is 15.1. The van der Waals surface area contributed by atoms with Crippen molar-refractivity contribution in [2.45, 2.75) is 26.3 Å². The largest absolute Gasteiger partial charge is 0.493 e. The maximum atomic E-state index is 12.0. The summed E-state index contributed by atoms with van der Waals surface area (Å²) in [5, 5.41) is 6.61. The van der Waals surface area contributed by atoms with Gasteiger partial charge in [0.2, 0.25) is 5.91 Å². The van der Waals surface area contributed by atoms with Gasteiger partial charge in [-0.25, -0.2) is 0 Å². The molecule has 21 heavy (non-hydrogen) atoms. The maximum absolute atomic E-state index is 12.0. The highest BCUT2D eigenvalue weighted by Gasteiger charge is 2.09. The molecule has 1 aromatic heterocycles. The number of nitrogens with one attached hydrogen (secondary N) is 1. The summed E-state index contributed by atoms with van der Waals surface area (Å²) >= 11 is 0. The molecule has 1 N–H and O–H groups in total. The van der Waals surface area contributed by atoms with Crippen molar-refractivity contribution in [3.05, 3.63) is 47.8 Å². The minimum absolute atomic E-state index is 0.115. The summed E-state index contributed by atoms with van der Waals surface area (Å²) in [5.41, 5.74) is 2.11. The van der Waals surface area contributed by atoms with E-state index in [1.165, 1.54) is 0 Å². The van der Waals surface area contributed by atoms with Gasteiger partial charge in [-0.3, -0.25) is 9.89 Å². The fraction of sp³-hybridized carbons (Fsp3) is 0.375. The summed E-state index contributed by atoms with van der Waals surface area (Å²) in [6.07, 6.45) is 4.72. The normalized spacial score (nSPS) is 10.4. The van der Waals surface area contributed by atoms with E-state index in [1.807, 2.05) is 31.2 Å². The van der Waals surface area contributed by atoms with Crippen molar-refractivity contribution in [3.8, 4) is 5.75 Å². The zero-order valence-electron chi connectivity index (χ0n) is 12.5. The van der Waals surface area contributed by atoms with Gasteiger partial charge in [-0.2, -0.15) is 5.10 Å². The monoisotopic (exact) mass is 287 g/mol. The van der Waals surface area contributed by atoms with Crippen molar-refractivity contribution in [2.75, 3.05) is 13.7 Å². The summed E-state index contributed by atoms with van der Waals surface area (Å²) in [4.78, 5) is 13.7. The first-order valence-electron chi connectivity index (χ1n) is 7.07. The lowest BCUT2D eigenvalue weighted by Gasteiger charge is -2.16. The molecular weight excluding hydrogens is 266 g/mol. The number of H-pyrrole nitrogens is 1. The van der Waals surface area contributed by atoms with Crippen LogP contribution < -0.4 is 4.74 Å². The van der Waals surface area contributed by atoms with Gasteiger partial charge in [-0.1, -0.05) is 18.2 Å². The van der Waals surface area contributed by atoms with Gasteiger partial charge in [0, 0.05) is 31.8 Å². The predicted octanol–water partition coefficient (Wildman–Crippen LogP) is 2.54. The Morgan fingerprint density at radius 1 is 1.38 bits per heavy atom. The summed E-state index contributed by atoms with van der Waals surface area (Å²) in [7, 11) is 1.80. The molecule has 0 radical (unpaired) electrons. The molecule has 0 bridgehead atoms. The lowest BCUT2D eigenvalue weighted by molar-refractivity contribution is -0.130. The number of carbonyl (C=O) groups excluding carboxylic acids is 1. The second-order valence-electron chi connectivity index (χ2n) is 5.07. The lowest BCUT2D eigenvalue weighted by Crippen LogP contribution is -2.26. The van der Waals surface area contributed by atoms with Crippen molar-refractivity contribution in [2.24, 2.45) is 0 Å². The minimum Gasteiger partial charge on any atom is -0.493 e. The number of ether oxygens (including phenoxy) is 1. The van der Waals surface area contributed by atoms with E-state index >= 15 is 0 Å². The Bertz CT molecular complexity index is 567. The number of benzene rings is 1. The number of nitrogens with zero attached hydrogens (tertiary/aromatic N) is 2. The SMILES string of the molecule is Cc1ccccc1OCCCC(=O)N(C)Cc1cn[nH]c1. The zero-order valence-corrected chi connectivity index (χ0v) is 12.5. The number of amides is 1. The van der Waals surface area contributed by atoms with Crippen molar-refractivity contribution >= 4 is 5.91 Å².